The molecule has 0 aliphatic carbocycles. The fourth-order valence-corrected chi connectivity index (χ4v) is 2.72. The van der Waals surface area contributed by atoms with E-state index in [4.69, 9.17) is 9.26 Å². The number of nitrogens with zero attached hydrogens (tertiary/aromatic N) is 3. The van der Waals surface area contributed by atoms with Crippen LogP contribution in [0.25, 0.3) is 11.4 Å². The Labute approximate surface area is 158 Å². The van der Waals surface area contributed by atoms with Crippen LogP contribution < -0.4 is 4.74 Å². The van der Waals surface area contributed by atoms with E-state index in [1.165, 1.54) is 4.90 Å². The summed E-state index contributed by atoms with van der Waals surface area (Å²) in [4.78, 5) is 18.2. The summed E-state index contributed by atoms with van der Waals surface area (Å²) in [5.74, 6) is 1.47. The Bertz CT molecular complexity index is 935. The standard InChI is InChI=1S/C21H23N3O3/c1-14-10-15(2)16(3)18(11-14)26-13-20(25)24(4)12-19-22-21(23-27-19)17-8-6-5-7-9-17/h5-11H,12-13H2,1-4H3. The minimum absolute atomic E-state index is 0.0418. The third-order valence-electron chi connectivity index (χ3n) is 4.41. The number of aryl methyl sites for hydroxylation is 2. The first kappa shape index (κ1) is 18.6. The number of rotatable bonds is 6. The van der Waals surface area contributed by atoms with Gasteiger partial charge in [-0.1, -0.05) is 41.6 Å². The largest absolute Gasteiger partial charge is 0.483 e. The van der Waals surface area contributed by atoms with Crippen LogP contribution in [0.4, 0.5) is 0 Å². The van der Waals surface area contributed by atoms with Gasteiger partial charge in [0.05, 0.1) is 6.54 Å². The van der Waals surface area contributed by atoms with Crippen molar-refractivity contribution in [3.8, 4) is 17.1 Å². The van der Waals surface area contributed by atoms with E-state index in [9.17, 15) is 4.79 Å². The van der Waals surface area contributed by atoms with E-state index in [0.717, 1.165) is 28.0 Å². The van der Waals surface area contributed by atoms with Crippen LogP contribution in [0, 0.1) is 20.8 Å². The fraction of sp³-hybridized carbons (Fsp3) is 0.286. The van der Waals surface area contributed by atoms with Crippen LogP contribution in [0.1, 0.15) is 22.6 Å². The molecule has 27 heavy (non-hydrogen) atoms. The highest BCUT2D eigenvalue weighted by Gasteiger charge is 2.16. The van der Waals surface area contributed by atoms with Crippen LogP contribution in [-0.4, -0.2) is 34.6 Å². The Balaban J connectivity index is 1.59. The molecule has 0 bridgehead atoms. The molecule has 140 valence electrons. The lowest BCUT2D eigenvalue weighted by molar-refractivity contribution is -0.132. The average Bonchev–Trinajstić information content (AvgIpc) is 3.12. The van der Waals surface area contributed by atoms with Crippen molar-refractivity contribution in [2.75, 3.05) is 13.7 Å². The lowest BCUT2D eigenvalue weighted by atomic mass is 10.1. The van der Waals surface area contributed by atoms with Crippen molar-refractivity contribution in [2.45, 2.75) is 27.3 Å². The normalized spacial score (nSPS) is 10.7. The Morgan fingerprint density at radius 2 is 1.89 bits per heavy atom. The monoisotopic (exact) mass is 365 g/mol. The van der Waals surface area contributed by atoms with Crippen molar-refractivity contribution < 1.29 is 14.1 Å². The Morgan fingerprint density at radius 3 is 2.63 bits per heavy atom. The maximum atomic E-state index is 12.4. The predicted molar refractivity (Wildman–Crippen MR) is 102 cm³/mol. The van der Waals surface area contributed by atoms with Crippen LogP contribution in [0.15, 0.2) is 47.0 Å². The fourth-order valence-electron chi connectivity index (χ4n) is 2.72. The van der Waals surface area contributed by atoms with Crippen molar-refractivity contribution in [2.24, 2.45) is 0 Å². The molecule has 0 fully saturated rings. The van der Waals surface area contributed by atoms with Gasteiger partial charge in [-0.15, -0.1) is 0 Å². The molecule has 0 spiro atoms. The van der Waals surface area contributed by atoms with Crippen LogP contribution in [0.3, 0.4) is 0 Å². The molecule has 2 aromatic carbocycles. The molecule has 0 radical (unpaired) electrons. The van der Waals surface area contributed by atoms with Gasteiger partial charge in [0, 0.05) is 12.6 Å². The SMILES string of the molecule is Cc1cc(C)c(C)c(OCC(=O)N(C)Cc2nc(-c3ccccc3)no2)c1. The zero-order valence-electron chi connectivity index (χ0n) is 16.0. The predicted octanol–water partition coefficient (Wildman–Crippen LogP) is 3.70. The zero-order chi connectivity index (χ0) is 19.4. The number of ether oxygens (including phenoxy) is 1. The van der Waals surface area contributed by atoms with Gasteiger partial charge in [-0.2, -0.15) is 4.98 Å². The first-order valence-electron chi connectivity index (χ1n) is 8.76. The molecule has 0 aliphatic heterocycles. The van der Waals surface area contributed by atoms with Crippen molar-refractivity contribution in [1.29, 1.82) is 0 Å². The molecular formula is C21H23N3O3. The van der Waals surface area contributed by atoms with E-state index in [0.29, 0.717) is 11.7 Å². The van der Waals surface area contributed by atoms with Crippen molar-refractivity contribution in [1.82, 2.24) is 15.0 Å². The van der Waals surface area contributed by atoms with Crippen molar-refractivity contribution in [3.63, 3.8) is 0 Å². The second kappa shape index (κ2) is 8.03. The van der Waals surface area contributed by atoms with E-state index in [1.54, 1.807) is 7.05 Å². The summed E-state index contributed by atoms with van der Waals surface area (Å²) in [6.45, 7) is 6.21. The van der Waals surface area contributed by atoms with Crippen LogP contribution in [0.2, 0.25) is 0 Å². The molecule has 6 heteroatoms. The van der Waals surface area contributed by atoms with Gasteiger partial charge < -0.3 is 14.2 Å². The third kappa shape index (κ3) is 4.53. The summed E-state index contributed by atoms with van der Waals surface area (Å²) in [6.07, 6.45) is 0. The second-order valence-corrected chi connectivity index (χ2v) is 6.62. The molecule has 1 aromatic heterocycles. The van der Waals surface area contributed by atoms with Crippen LogP contribution in [0.5, 0.6) is 5.75 Å². The van der Waals surface area contributed by atoms with Gasteiger partial charge in [-0.3, -0.25) is 4.79 Å². The highest BCUT2D eigenvalue weighted by molar-refractivity contribution is 5.77. The topological polar surface area (TPSA) is 68.5 Å². The van der Waals surface area contributed by atoms with Gasteiger partial charge >= 0.3 is 0 Å². The maximum absolute atomic E-state index is 12.4. The maximum Gasteiger partial charge on any atom is 0.260 e. The van der Waals surface area contributed by atoms with E-state index < -0.39 is 0 Å². The molecule has 3 aromatic rings. The van der Waals surface area contributed by atoms with E-state index in [2.05, 4.69) is 16.2 Å². The number of benzene rings is 2. The number of carbonyl (C=O) groups is 1. The molecule has 0 N–H and O–H groups in total. The summed E-state index contributed by atoms with van der Waals surface area (Å²) in [5, 5.41) is 3.97. The summed E-state index contributed by atoms with van der Waals surface area (Å²) in [6, 6.07) is 13.6. The molecule has 1 amide bonds. The van der Waals surface area contributed by atoms with Gasteiger partial charge in [-0.05, 0) is 43.5 Å². The summed E-state index contributed by atoms with van der Waals surface area (Å²) in [5.41, 5.74) is 4.16. The molecule has 1 heterocycles. The first-order valence-corrected chi connectivity index (χ1v) is 8.76. The average molecular weight is 365 g/mol. The highest BCUT2D eigenvalue weighted by atomic mass is 16.5. The number of carbonyl (C=O) groups excluding carboxylic acids is 1. The molecule has 0 saturated carbocycles. The molecule has 6 nitrogen and oxygen atoms in total. The Kier molecular flexibility index (Phi) is 5.54. The number of aromatic nitrogens is 2. The number of amides is 1. The molecular weight excluding hydrogens is 342 g/mol. The molecule has 0 saturated heterocycles. The van der Waals surface area contributed by atoms with Crippen LogP contribution in [-0.2, 0) is 11.3 Å². The Morgan fingerprint density at radius 1 is 1.15 bits per heavy atom. The number of hydrogen-bond acceptors (Lipinski definition) is 5. The van der Waals surface area contributed by atoms with Gasteiger partial charge in [0.15, 0.2) is 6.61 Å². The first-order chi connectivity index (χ1) is 12.9. The quantitative estimate of drug-likeness (QED) is 0.666. The summed E-state index contributed by atoms with van der Waals surface area (Å²) < 4.78 is 11.0. The summed E-state index contributed by atoms with van der Waals surface area (Å²) >= 11 is 0. The van der Waals surface area contributed by atoms with Gasteiger partial charge in [0.2, 0.25) is 11.7 Å². The van der Waals surface area contributed by atoms with Crippen molar-refractivity contribution >= 4 is 5.91 Å². The smallest absolute Gasteiger partial charge is 0.260 e. The van der Waals surface area contributed by atoms with Gasteiger partial charge in [0.1, 0.15) is 5.75 Å². The third-order valence-corrected chi connectivity index (χ3v) is 4.41. The Hall–Kier alpha value is -3.15. The lowest BCUT2D eigenvalue weighted by Crippen LogP contribution is -2.31. The minimum atomic E-state index is -0.159. The van der Waals surface area contributed by atoms with Gasteiger partial charge in [0.25, 0.3) is 5.91 Å². The van der Waals surface area contributed by atoms with E-state index in [-0.39, 0.29) is 19.1 Å². The lowest BCUT2D eigenvalue weighted by Gasteiger charge is -2.17. The van der Waals surface area contributed by atoms with E-state index in [1.807, 2.05) is 57.2 Å². The number of likely N-dealkylation sites (N-methyl/N-ethyl adjacent to an activating group) is 1. The molecule has 0 unspecified atom stereocenters. The van der Waals surface area contributed by atoms with E-state index >= 15 is 0 Å². The van der Waals surface area contributed by atoms with Gasteiger partial charge in [-0.25, -0.2) is 0 Å². The highest BCUT2D eigenvalue weighted by Crippen LogP contribution is 2.23. The zero-order valence-corrected chi connectivity index (χ0v) is 16.0. The summed E-state index contributed by atoms with van der Waals surface area (Å²) in [7, 11) is 1.69. The van der Waals surface area contributed by atoms with Crippen molar-refractivity contribution in [3.05, 3.63) is 65.0 Å². The minimum Gasteiger partial charge on any atom is -0.483 e. The molecule has 0 aliphatic rings. The van der Waals surface area contributed by atoms with Crippen LogP contribution >= 0.6 is 0 Å². The number of hydrogen-bond donors (Lipinski definition) is 0. The molecule has 3 rings (SSSR count). The second-order valence-electron chi connectivity index (χ2n) is 6.62. The molecule has 0 atom stereocenters.